The highest BCUT2D eigenvalue weighted by Crippen LogP contribution is 2.40. The number of nitrogens with zero attached hydrogens (tertiary/aromatic N) is 3. The minimum atomic E-state index is -0.735. The Morgan fingerprint density at radius 2 is 1.94 bits per heavy atom. The molecular formula is C25H27ClF2N4O2. The van der Waals surface area contributed by atoms with Crippen LogP contribution in [0.3, 0.4) is 0 Å². The van der Waals surface area contributed by atoms with Gasteiger partial charge in [0.2, 0.25) is 5.91 Å². The molecule has 0 radical (unpaired) electrons. The van der Waals surface area contributed by atoms with Gasteiger partial charge in [0.15, 0.2) is 22.5 Å². The van der Waals surface area contributed by atoms with Crippen molar-refractivity contribution >= 4 is 23.2 Å². The number of aryl methyl sites for hydroxylation is 2. The summed E-state index contributed by atoms with van der Waals surface area (Å²) < 4.78 is 35.5. The van der Waals surface area contributed by atoms with E-state index in [0.717, 1.165) is 29.2 Å². The maximum atomic E-state index is 14.3. The van der Waals surface area contributed by atoms with Crippen LogP contribution in [0.5, 0.6) is 5.75 Å². The van der Waals surface area contributed by atoms with Gasteiger partial charge in [0, 0.05) is 25.2 Å². The predicted octanol–water partition coefficient (Wildman–Crippen LogP) is 4.61. The summed E-state index contributed by atoms with van der Waals surface area (Å²) in [4.78, 5) is 18.4. The first-order valence-corrected chi connectivity index (χ1v) is 11.6. The second kappa shape index (κ2) is 10.0. The SMILES string of the molecule is CCc1nc(Cl)c2n1CCN(c1ccccc1CC(N)=O)[C@H]2CCc1cc(F)c(OC)c(F)c1. The summed E-state index contributed by atoms with van der Waals surface area (Å²) in [5.41, 5.74) is 8.59. The molecule has 2 heterocycles. The number of para-hydroxylation sites is 1. The minimum Gasteiger partial charge on any atom is -0.491 e. The van der Waals surface area contributed by atoms with Crippen molar-refractivity contribution in [2.24, 2.45) is 5.73 Å². The third kappa shape index (κ3) is 4.59. The molecule has 4 rings (SSSR count). The van der Waals surface area contributed by atoms with Crippen molar-refractivity contribution in [1.29, 1.82) is 0 Å². The summed E-state index contributed by atoms with van der Waals surface area (Å²) in [6.45, 7) is 3.38. The third-order valence-electron chi connectivity index (χ3n) is 6.25. The Kier molecular flexibility index (Phi) is 7.07. The van der Waals surface area contributed by atoms with Crippen LogP contribution >= 0.6 is 11.6 Å². The highest BCUT2D eigenvalue weighted by molar-refractivity contribution is 6.30. The number of aromatic nitrogens is 2. The lowest BCUT2D eigenvalue weighted by atomic mass is 9.97. The van der Waals surface area contributed by atoms with Gasteiger partial charge in [0.05, 0.1) is 25.3 Å². The number of carbonyl (C=O) groups is 1. The maximum Gasteiger partial charge on any atom is 0.221 e. The largest absolute Gasteiger partial charge is 0.491 e. The number of amides is 1. The van der Waals surface area contributed by atoms with Crippen LogP contribution in [-0.2, 0) is 30.6 Å². The maximum absolute atomic E-state index is 14.3. The van der Waals surface area contributed by atoms with Crippen molar-refractivity contribution in [3.8, 4) is 5.75 Å². The van der Waals surface area contributed by atoms with Gasteiger partial charge < -0.3 is 19.9 Å². The Bertz CT molecular complexity index is 1190. The fourth-order valence-corrected chi connectivity index (χ4v) is 5.12. The van der Waals surface area contributed by atoms with E-state index in [-0.39, 0.29) is 12.5 Å². The first-order chi connectivity index (χ1) is 16.3. The molecule has 0 saturated heterocycles. The van der Waals surface area contributed by atoms with E-state index in [9.17, 15) is 13.6 Å². The molecule has 0 aliphatic carbocycles. The molecule has 1 amide bonds. The fraction of sp³-hybridized carbons (Fsp3) is 0.360. The number of carbonyl (C=O) groups excluding carboxylic acids is 1. The van der Waals surface area contributed by atoms with E-state index in [4.69, 9.17) is 22.1 Å². The molecule has 1 atom stereocenters. The van der Waals surface area contributed by atoms with E-state index in [1.807, 2.05) is 31.2 Å². The van der Waals surface area contributed by atoms with Crippen molar-refractivity contribution in [3.05, 3.63) is 75.8 Å². The van der Waals surface area contributed by atoms with Gasteiger partial charge in [0.25, 0.3) is 0 Å². The predicted molar refractivity (Wildman–Crippen MR) is 127 cm³/mol. The molecule has 1 aliphatic heterocycles. The summed E-state index contributed by atoms with van der Waals surface area (Å²) in [5.74, 6) is -1.38. The molecule has 0 bridgehead atoms. The number of methoxy groups -OCH3 is 1. The molecule has 1 aliphatic rings. The quantitative estimate of drug-likeness (QED) is 0.502. The molecule has 2 aromatic carbocycles. The van der Waals surface area contributed by atoms with Crippen LogP contribution in [0.1, 0.15) is 42.0 Å². The van der Waals surface area contributed by atoms with Crippen LogP contribution in [-0.4, -0.2) is 29.1 Å². The number of fused-ring (bicyclic) bond motifs is 1. The van der Waals surface area contributed by atoms with Gasteiger partial charge in [-0.3, -0.25) is 4.79 Å². The zero-order valence-electron chi connectivity index (χ0n) is 19.2. The molecule has 0 unspecified atom stereocenters. The number of primary amides is 1. The summed E-state index contributed by atoms with van der Waals surface area (Å²) in [6.07, 6.45) is 1.78. The average Bonchev–Trinajstić information content (AvgIpc) is 3.13. The van der Waals surface area contributed by atoms with E-state index in [2.05, 4.69) is 14.5 Å². The van der Waals surface area contributed by atoms with Gasteiger partial charge >= 0.3 is 0 Å². The van der Waals surface area contributed by atoms with E-state index < -0.39 is 23.3 Å². The van der Waals surface area contributed by atoms with Crippen molar-refractivity contribution in [1.82, 2.24) is 9.55 Å². The van der Waals surface area contributed by atoms with E-state index >= 15 is 0 Å². The first kappa shape index (κ1) is 24.0. The normalized spacial score (nSPS) is 15.3. The van der Waals surface area contributed by atoms with Gasteiger partial charge in [-0.15, -0.1) is 0 Å². The molecule has 0 spiro atoms. The number of imidazole rings is 1. The molecule has 6 nitrogen and oxygen atoms in total. The van der Waals surface area contributed by atoms with Crippen molar-refractivity contribution in [3.63, 3.8) is 0 Å². The first-order valence-electron chi connectivity index (χ1n) is 11.2. The molecule has 0 saturated carbocycles. The van der Waals surface area contributed by atoms with Crippen molar-refractivity contribution in [2.75, 3.05) is 18.6 Å². The highest BCUT2D eigenvalue weighted by atomic mass is 35.5. The zero-order chi connectivity index (χ0) is 24.4. The average molecular weight is 489 g/mol. The Morgan fingerprint density at radius 3 is 2.59 bits per heavy atom. The summed E-state index contributed by atoms with van der Waals surface area (Å²) in [7, 11) is 1.24. The minimum absolute atomic E-state index is 0.113. The van der Waals surface area contributed by atoms with Crippen molar-refractivity contribution in [2.45, 2.75) is 45.2 Å². The molecule has 3 aromatic rings. The lowest BCUT2D eigenvalue weighted by Gasteiger charge is -2.40. The molecule has 2 N–H and O–H groups in total. The lowest BCUT2D eigenvalue weighted by Crippen LogP contribution is -2.39. The molecule has 34 heavy (non-hydrogen) atoms. The molecule has 9 heteroatoms. The third-order valence-corrected chi connectivity index (χ3v) is 6.53. The number of hydrogen-bond acceptors (Lipinski definition) is 4. The number of ether oxygens (including phenoxy) is 1. The van der Waals surface area contributed by atoms with E-state index in [0.29, 0.717) is 36.6 Å². The van der Waals surface area contributed by atoms with Crippen LogP contribution in [0.15, 0.2) is 36.4 Å². The molecule has 1 aromatic heterocycles. The lowest BCUT2D eigenvalue weighted by molar-refractivity contribution is -0.117. The highest BCUT2D eigenvalue weighted by Gasteiger charge is 2.33. The standard InChI is InChI=1S/C25H27ClF2N4O2/c1-3-22-30-25(26)23-20(9-8-15-12-17(27)24(34-2)18(28)13-15)31(10-11-32(22)23)19-7-5-4-6-16(19)14-21(29)33/h4-7,12-13,20H,3,8-11,14H2,1-2H3,(H2,29,33)/t20-/m0/s1. The van der Waals surface area contributed by atoms with Gasteiger partial charge in [-0.05, 0) is 42.2 Å². The topological polar surface area (TPSA) is 73.4 Å². The van der Waals surface area contributed by atoms with Crippen LogP contribution in [0.2, 0.25) is 5.15 Å². The number of hydrogen-bond donors (Lipinski definition) is 1. The van der Waals surface area contributed by atoms with Crippen LogP contribution in [0.25, 0.3) is 0 Å². The fourth-order valence-electron chi connectivity index (χ4n) is 4.79. The Labute approximate surface area is 202 Å². The Balaban J connectivity index is 1.73. The second-order valence-electron chi connectivity index (χ2n) is 8.32. The number of nitrogens with two attached hydrogens (primary N) is 1. The van der Waals surface area contributed by atoms with E-state index in [1.165, 1.54) is 19.2 Å². The van der Waals surface area contributed by atoms with Gasteiger partial charge in [0.1, 0.15) is 5.82 Å². The second-order valence-corrected chi connectivity index (χ2v) is 8.68. The van der Waals surface area contributed by atoms with Crippen LogP contribution in [0, 0.1) is 11.6 Å². The number of halogens is 3. The Hall–Kier alpha value is -3.13. The van der Waals surface area contributed by atoms with Crippen LogP contribution in [0.4, 0.5) is 14.5 Å². The summed E-state index contributed by atoms with van der Waals surface area (Å²) in [5, 5.41) is 0.422. The monoisotopic (exact) mass is 488 g/mol. The number of anilines is 1. The van der Waals surface area contributed by atoms with Crippen LogP contribution < -0.4 is 15.4 Å². The number of rotatable bonds is 8. The molecular weight excluding hydrogens is 462 g/mol. The molecule has 0 fully saturated rings. The number of benzene rings is 2. The molecule has 180 valence electrons. The van der Waals surface area contributed by atoms with Crippen molar-refractivity contribution < 1.29 is 18.3 Å². The summed E-state index contributed by atoms with van der Waals surface area (Å²) in [6, 6.07) is 10.0. The van der Waals surface area contributed by atoms with Gasteiger partial charge in [-0.1, -0.05) is 36.7 Å². The van der Waals surface area contributed by atoms with E-state index in [1.54, 1.807) is 0 Å². The zero-order valence-corrected chi connectivity index (χ0v) is 19.9. The van der Waals surface area contributed by atoms with Gasteiger partial charge in [-0.2, -0.15) is 0 Å². The smallest absolute Gasteiger partial charge is 0.221 e. The summed E-state index contributed by atoms with van der Waals surface area (Å²) >= 11 is 6.62. The Morgan fingerprint density at radius 1 is 1.24 bits per heavy atom. The van der Waals surface area contributed by atoms with Gasteiger partial charge in [-0.25, -0.2) is 13.8 Å².